The Balaban J connectivity index is 1.54. The molecule has 0 spiro atoms. The predicted molar refractivity (Wildman–Crippen MR) is 115 cm³/mol. The van der Waals surface area contributed by atoms with Crippen LogP contribution in [0.2, 0.25) is 0 Å². The molecule has 2 heterocycles. The molecule has 2 atom stereocenters. The van der Waals surface area contributed by atoms with Crippen molar-refractivity contribution in [3.8, 4) is 5.75 Å². The maximum absolute atomic E-state index is 13.6. The molecule has 0 aromatic heterocycles. The van der Waals surface area contributed by atoms with Crippen LogP contribution >= 0.6 is 0 Å². The molecule has 32 heavy (non-hydrogen) atoms. The van der Waals surface area contributed by atoms with Gasteiger partial charge in [0.25, 0.3) is 17.7 Å². The first-order valence-electron chi connectivity index (χ1n) is 10.3. The Bertz CT molecular complexity index is 1190. The van der Waals surface area contributed by atoms with Gasteiger partial charge in [-0.05, 0) is 61.0 Å². The number of benzene rings is 3. The summed E-state index contributed by atoms with van der Waals surface area (Å²) in [6, 6.07) is 17.6. The third-order valence-corrected chi connectivity index (χ3v) is 5.81. The summed E-state index contributed by atoms with van der Waals surface area (Å²) >= 11 is 0. The van der Waals surface area contributed by atoms with E-state index in [-0.39, 0.29) is 17.0 Å². The van der Waals surface area contributed by atoms with Crippen LogP contribution in [0.15, 0.2) is 72.8 Å². The molecule has 3 aromatic rings. The van der Waals surface area contributed by atoms with Crippen LogP contribution < -0.4 is 9.64 Å². The summed E-state index contributed by atoms with van der Waals surface area (Å²) in [5, 5.41) is 0. The smallest absolute Gasteiger partial charge is 0.262 e. The Morgan fingerprint density at radius 2 is 1.38 bits per heavy atom. The largest absolute Gasteiger partial charge is 0.494 e. The molecule has 0 unspecified atom stereocenters. The summed E-state index contributed by atoms with van der Waals surface area (Å²) in [5.74, 6) is -1.12. The highest BCUT2D eigenvalue weighted by Crippen LogP contribution is 2.44. The van der Waals surface area contributed by atoms with E-state index in [4.69, 9.17) is 4.74 Å². The highest BCUT2D eigenvalue weighted by atomic mass is 19.1. The molecule has 3 amide bonds. The predicted octanol–water partition coefficient (Wildman–Crippen LogP) is 3.98. The van der Waals surface area contributed by atoms with Crippen LogP contribution in [-0.4, -0.2) is 35.3 Å². The van der Waals surface area contributed by atoms with Crippen molar-refractivity contribution in [2.75, 3.05) is 11.5 Å². The van der Waals surface area contributed by atoms with Crippen LogP contribution in [0, 0.1) is 5.82 Å². The molecule has 0 saturated carbocycles. The van der Waals surface area contributed by atoms with Crippen molar-refractivity contribution >= 4 is 23.4 Å². The van der Waals surface area contributed by atoms with Gasteiger partial charge in [-0.25, -0.2) is 4.39 Å². The second kappa shape index (κ2) is 7.60. The van der Waals surface area contributed by atoms with Crippen LogP contribution in [0.1, 0.15) is 39.2 Å². The molecule has 1 fully saturated rings. The summed E-state index contributed by atoms with van der Waals surface area (Å²) in [4.78, 5) is 42.0. The zero-order valence-electron chi connectivity index (χ0n) is 17.2. The lowest BCUT2D eigenvalue weighted by Gasteiger charge is -2.49. The van der Waals surface area contributed by atoms with E-state index in [9.17, 15) is 18.8 Å². The minimum Gasteiger partial charge on any atom is -0.494 e. The van der Waals surface area contributed by atoms with E-state index in [0.717, 1.165) is 4.90 Å². The van der Waals surface area contributed by atoms with Crippen molar-refractivity contribution in [3.63, 3.8) is 0 Å². The topological polar surface area (TPSA) is 66.9 Å². The van der Waals surface area contributed by atoms with E-state index in [1.165, 1.54) is 17.0 Å². The van der Waals surface area contributed by atoms with Gasteiger partial charge in [0.2, 0.25) is 0 Å². The number of amides is 3. The molecule has 6 nitrogen and oxygen atoms in total. The Morgan fingerprint density at radius 1 is 0.781 bits per heavy atom. The van der Waals surface area contributed by atoms with Gasteiger partial charge in [-0.1, -0.05) is 24.3 Å². The Labute approximate surface area is 183 Å². The average molecular weight is 430 g/mol. The number of carbonyl (C=O) groups is 3. The van der Waals surface area contributed by atoms with Gasteiger partial charge in [0.15, 0.2) is 0 Å². The third-order valence-electron chi connectivity index (χ3n) is 5.81. The molecule has 1 saturated heterocycles. The molecule has 0 bridgehead atoms. The van der Waals surface area contributed by atoms with Gasteiger partial charge in [-0.3, -0.25) is 19.3 Å². The average Bonchev–Trinajstić information content (AvgIpc) is 3.05. The van der Waals surface area contributed by atoms with Gasteiger partial charge in [-0.2, -0.15) is 0 Å². The molecule has 5 rings (SSSR count). The minimum absolute atomic E-state index is 0.280. The number of rotatable bonds is 5. The van der Waals surface area contributed by atoms with Gasteiger partial charge < -0.3 is 9.64 Å². The number of hydrogen-bond donors (Lipinski definition) is 0. The van der Waals surface area contributed by atoms with E-state index < -0.39 is 29.7 Å². The van der Waals surface area contributed by atoms with Crippen LogP contribution in [-0.2, 0) is 4.79 Å². The van der Waals surface area contributed by atoms with Gasteiger partial charge in [0, 0.05) is 5.69 Å². The zero-order valence-corrected chi connectivity index (χ0v) is 17.2. The molecular weight excluding hydrogens is 411 g/mol. The van der Waals surface area contributed by atoms with Crippen LogP contribution in [0.4, 0.5) is 10.1 Å². The van der Waals surface area contributed by atoms with Crippen molar-refractivity contribution in [3.05, 3.63) is 95.3 Å². The molecule has 0 aliphatic carbocycles. The van der Waals surface area contributed by atoms with Gasteiger partial charge in [-0.15, -0.1) is 0 Å². The molecule has 160 valence electrons. The lowest BCUT2D eigenvalue weighted by atomic mass is 9.86. The number of halogens is 1. The monoisotopic (exact) mass is 430 g/mol. The number of hydrogen-bond acceptors (Lipinski definition) is 4. The number of imide groups is 1. The fraction of sp³-hybridized carbons (Fsp3) is 0.160. The van der Waals surface area contributed by atoms with Crippen LogP contribution in [0.3, 0.4) is 0 Å². The van der Waals surface area contributed by atoms with Crippen molar-refractivity contribution in [2.45, 2.75) is 19.0 Å². The lowest BCUT2D eigenvalue weighted by Crippen LogP contribution is -2.67. The molecular formula is C25H19FN2O4. The van der Waals surface area contributed by atoms with Gasteiger partial charge in [0.05, 0.1) is 23.8 Å². The molecule has 2 aliphatic rings. The summed E-state index contributed by atoms with van der Waals surface area (Å²) < 4.78 is 19.0. The van der Waals surface area contributed by atoms with Crippen LogP contribution in [0.25, 0.3) is 0 Å². The number of ether oxygens (including phenoxy) is 1. The second-order valence-electron chi connectivity index (χ2n) is 7.60. The maximum Gasteiger partial charge on any atom is 0.262 e. The number of nitrogens with zero attached hydrogens (tertiary/aromatic N) is 2. The number of fused-ring (bicyclic) bond motifs is 1. The Hall–Kier alpha value is -4.00. The zero-order chi connectivity index (χ0) is 22.4. The SMILES string of the molecule is CCOc1ccc(N2C(=O)[C@@H](N3C(=O)c4ccccc4C3=O)[C@H]2c2ccc(F)cc2)cc1. The van der Waals surface area contributed by atoms with E-state index in [2.05, 4.69) is 0 Å². The number of β-lactam (4-membered cyclic amide) rings is 1. The van der Waals surface area contributed by atoms with Crippen molar-refractivity contribution in [1.29, 1.82) is 0 Å². The summed E-state index contributed by atoms with van der Waals surface area (Å²) in [6.45, 7) is 2.39. The van der Waals surface area contributed by atoms with E-state index in [1.54, 1.807) is 60.7 Å². The summed E-state index contributed by atoms with van der Waals surface area (Å²) in [5.41, 5.74) is 1.78. The first kappa shape index (κ1) is 19.9. The molecule has 3 aromatic carbocycles. The molecule has 0 N–H and O–H groups in total. The van der Waals surface area contributed by atoms with Crippen molar-refractivity contribution in [1.82, 2.24) is 4.90 Å². The van der Waals surface area contributed by atoms with E-state index in [0.29, 0.717) is 23.6 Å². The van der Waals surface area contributed by atoms with Crippen molar-refractivity contribution in [2.24, 2.45) is 0 Å². The first-order chi connectivity index (χ1) is 15.5. The minimum atomic E-state index is -1.01. The van der Waals surface area contributed by atoms with Crippen LogP contribution in [0.5, 0.6) is 5.75 Å². The Kier molecular flexibility index (Phi) is 4.74. The fourth-order valence-corrected chi connectivity index (χ4v) is 4.33. The highest BCUT2D eigenvalue weighted by Gasteiger charge is 2.57. The summed E-state index contributed by atoms with van der Waals surface area (Å²) in [6.07, 6.45) is 0. The third kappa shape index (κ3) is 2.97. The molecule has 0 radical (unpaired) electrons. The first-order valence-corrected chi connectivity index (χ1v) is 10.3. The normalized spacial score (nSPS) is 19.8. The van der Waals surface area contributed by atoms with Crippen molar-refractivity contribution < 1.29 is 23.5 Å². The lowest BCUT2D eigenvalue weighted by molar-refractivity contribution is -0.130. The number of carbonyl (C=O) groups excluding carboxylic acids is 3. The highest BCUT2D eigenvalue weighted by molar-refractivity contribution is 6.24. The number of anilines is 1. The quantitative estimate of drug-likeness (QED) is 0.454. The molecule has 2 aliphatic heterocycles. The maximum atomic E-state index is 13.6. The fourth-order valence-electron chi connectivity index (χ4n) is 4.33. The van der Waals surface area contributed by atoms with Gasteiger partial charge >= 0.3 is 0 Å². The summed E-state index contributed by atoms with van der Waals surface area (Å²) in [7, 11) is 0. The standard InChI is InChI=1S/C25H19FN2O4/c1-2-32-18-13-11-17(12-14-18)27-21(15-7-9-16(26)10-8-15)22(25(27)31)28-23(29)19-5-3-4-6-20(19)24(28)30/h3-14,21-22H,2H2,1H3/t21-,22+/m1/s1. The second-order valence-corrected chi connectivity index (χ2v) is 7.60. The van der Waals surface area contributed by atoms with E-state index in [1.807, 2.05) is 6.92 Å². The molecule has 7 heteroatoms. The Morgan fingerprint density at radius 3 is 1.94 bits per heavy atom. The van der Waals surface area contributed by atoms with E-state index >= 15 is 0 Å². The van der Waals surface area contributed by atoms with Gasteiger partial charge in [0.1, 0.15) is 17.6 Å².